The molecule has 4 rings (SSSR count). The van der Waals surface area contributed by atoms with Gasteiger partial charge in [-0.3, -0.25) is 4.79 Å². The maximum atomic E-state index is 12.5. The van der Waals surface area contributed by atoms with E-state index in [1.165, 1.54) is 32.1 Å². The van der Waals surface area contributed by atoms with E-state index in [0.29, 0.717) is 42.0 Å². The predicted octanol–water partition coefficient (Wildman–Crippen LogP) is 4.30. The van der Waals surface area contributed by atoms with E-state index in [-0.39, 0.29) is 11.8 Å². The number of rotatable bonds is 11. The first-order chi connectivity index (χ1) is 17.1. The number of benzene rings is 1. The van der Waals surface area contributed by atoms with Crippen molar-refractivity contribution in [3.05, 3.63) is 30.3 Å². The van der Waals surface area contributed by atoms with Crippen LogP contribution in [0.15, 0.2) is 30.3 Å². The zero-order chi connectivity index (χ0) is 24.6. The van der Waals surface area contributed by atoms with Gasteiger partial charge in [0.2, 0.25) is 11.8 Å². The molecule has 2 aromatic heterocycles. The van der Waals surface area contributed by atoms with Crippen LogP contribution in [0.25, 0.3) is 17.0 Å². The highest BCUT2D eigenvalue weighted by Gasteiger charge is 2.25. The number of hydrogen-bond donors (Lipinski definition) is 1. The molecule has 9 heteroatoms. The van der Waals surface area contributed by atoms with Gasteiger partial charge in [0.15, 0.2) is 23.0 Å². The van der Waals surface area contributed by atoms with Crippen LogP contribution in [0, 0.1) is 11.8 Å². The second-order valence-corrected chi connectivity index (χ2v) is 9.03. The van der Waals surface area contributed by atoms with Gasteiger partial charge in [0, 0.05) is 17.5 Å². The summed E-state index contributed by atoms with van der Waals surface area (Å²) in [5.74, 6) is 3.29. The van der Waals surface area contributed by atoms with Gasteiger partial charge in [-0.1, -0.05) is 26.2 Å². The summed E-state index contributed by atoms with van der Waals surface area (Å²) in [5.41, 5.74) is 1.39. The molecule has 9 nitrogen and oxygen atoms in total. The minimum Gasteiger partial charge on any atom is -0.493 e. The van der Waals surface area contributed by atoms with E-state index in [9.17, 15) is 4.79 Å². The molecule has 3 aromatic rings. The summed E-state index contributed by atoms with van der Waals surface area (Å²) in [6, 6.07) is 9.07. The molecule has 1 N–H and O–H groups in total. The van der Waals surface area contributed by atoms with Crippen molar-refractivity contribution in [1.29, 1.82) is 0 Å². The zero-order valence-corrected chi connectivity index (χ0v) is 20.8. The number of nitrogens with one attached hydrogen (secondary N) is 1. The first kappa shape index (κ1) is 24.8. The summed E-state index contributed by atoms with van der Waals surface area (Å²) in [6.45, 7) is 3.02. The van der Waals surface area contributed by atoms with Gasteiger partial charge >= 0.3 is 0 Å². The Labute approximate surface area is 206 Å². The number of amides is 1. The quantitative estimate of drug-likeness (QED) is 0.408. The molecule has 1 aromatic carbocycles. The van der Waals surface area contributed by atoms with Crippen molar-refractivity contribution in [2.24, 2.45) is 11.8 Å². The number of carbonyl (C=O) groups is 1. The molecular weight excluding hydrogens is 446 g/mol. The number of nitrogens with zero attached hydrogens (tertiary/aromatic N) is 4. The molecule has 0 saturated heterocycles. The maximum absolute atomic E-state index is 12.5. The Kier molecular flexibility index (Phi) is 8.39. The van der Waals surface area contributed by atoms with Crippen molar-refractivity contribution in [3.8, 4) is 28.8 Å². The van der Waals surface area contributed by atoms with E-state index in [4.69, 9.17) is 14.2 Å². The molecule has 1 aliphatic rings. The molecule has 188 valence electrons. The van der Waals surface area contributed by atoms with Gasteiger partial charge in [-0.25, -0.2) is 0 Å². The second-order valence-electron chi connectivity index (χ2n) is 9.03. The third kappa shape index (κ3) is 6.01. The van der Waals surface area contributed by atoms with Gasteiger partial charge < -0.3 is 19.5 Å². The number of fused-ring (bicyclic) bond motifs is 1. The van der Waals surface area contributed by atoms with Crippen LogP contribution in [0.3, 0.4) is 0 Å². The van der Waals surface area contributed by atoms with E-state index in [0.717, 1.165) is 24.3 Å². The Morgan fingerprint density at radius 2 is 1.86 bits per heavy atom. The summed E-state index contributed by atoms with van der Waals surface area (Å²) >= 11 is 0. The number of unbranched alkanes of at least 4 members (excludes halogenated alkanes) is 1. The first-order valence-electron chi connectivity index (χ1n) is 12.5. The third-order valence-corrected chi connectivity index (χ3v) is 6.71. The smallest absolute Gasteiger partial charge is 0.231 e. The van der Waals surface area contributed by atoms with Crippen LogP contribution in [0.5, 0.6) is 17.4 Å². The normalized spacial score (nSPS) is 17.8. The minimum absolute atomic E-state index is 0.128. The highest BCUT2D eigenvalue weighted by molar-refractivity contribution is 5.78. The Bertz CT molecular complexity index is 1120. The number of carbonyl (C=O) groups excluding carboxylic acids is 1. The fourth-order valence-electron chi connectivity index (χ4n) is 4.68. The molecule has 1 saturated carbocycles. The summed E-state index contributed by atoms with van der Waals surface area (Å²) in [7, 11) is 3.18. The van der Waals surface area contributed by atoms with E-state index in [1.54, 1.807) is 30.9 Å². The van der Waals surface area contributed by atoms with Crippen LogP contribution in [0.1, 0.15) is 51.9 Å². The summed E-state index contributed by atoms with van der Waals surface area (Å²) in [4.78, 5) is 12.5. The van der Waals surface area contributed by atoms with Gasteiger partial charge in [-0.15, -0.1) is 15.3 Å². The monoisotopic (exact) mass is 481 g/mol. The van der Waals surface area contributed by atoms with Crippen LogP contribution in [-0.4, -0.2) is 53.1 Å². The van der Waals surface area contributed by atoms with Gasteiger partial charge in [0.1, 0.15) is 6.61 Å². The van der Waals surface area contributed by atoms with Crippen molar-refractivity contribution in [2.45, 2.75) is 51.9 Å². The number of aromatic nitrogens is 4. The fourth-order valence-corrected chi connectivity index (χ4v) is 4.68. The van der Waals surface area contributed by atoms with Crippen LogP contribution in [0.4, 0.5) is 0 Å². The largest absolute Gasteiger partial charge is 0.493 e. The number of methoxy groups -OCH3 is 2. The zero-order valence-electron chi connectivity index (χ0n) is 20.8. The molecule has 2 heterocycles. The predicted molar refractivity (Wildman–Crippen MR) is 133 cm³/mol. The molecule has 0 spiro atoms. The lowest BCUT2D eigenvalue weighted by atomic mass is 9.79. The van der Waals surface area contributed by atoms with Gasteiger partial charge in [0.25, 0.3) is 0 Å². The lowest BCUT2D eigenvalue weighted by Gasteiger charge is -2.27. The van der Waals surface area contributed by atoms with E-state index in [1.807, 2.05) is 18.2 Å². The average Bonchev–Trinajstić information content (AvgIpc) is 3.33. The molecule has 1 fully saturated rings. The van der Waals surface area contributed by atoms with Gasteiger partial charge in [0.05, 0.1) is 20.8 Å². The fraction of sp³-hybridized carbons (Fsp3) is 0.538. The minimum atomic E-state index is 0.128. The van der Waals surface area contributed by atoms with Crippen molar-refractivity contribution in [3.63, 3.8) is 0 Å². The molecule has 0 radical (unpaired) electrons. The van der Waals surface area contributed by atoms with Crippen molar-refractivity contribution in [2.75, 3.05) is 27.4 Å². The standard InChI is InChI=1S/C26H35N5O4/c1-4-5-6-18-7-9-19(10-8-18)26(32)27-15-16-35-24-14-13-23-28-29-25(31(23)30-24)20-11-12-21(33-2)22(17-20)34-3/h11-14,17-19H,4-10,15-16H2,1-3H3,(H,27,32). The summed E-state index contributed by atoms with van der Waals surface area (Å²) in [5, 5.41) is 16.0. The lowest BCUT2D eigenvalue weighted by molar-refractivity contribution is -0.126. The number of hydrogen-bond acceptors (Lipinski definition) is 7. The molecule has 1 amide bonds. The first-order valence-corrected chi connectivity index (χ1v) is 12.5. The molecular formula is C26H35N5O4. The summed E-state index contributed by atoms with van der Waals surface area (Å²) in [6.07, 6.45) is 8.16. The molecule has 0 bridgehead atoms. The van der Waals surface area contributed by atoms with Gasteiger partial charge in [-0.05, 0) is 55.9 Å². The Morgan fingerprint density at radius 1 is 1.06 bits per heavy atom. The van der Waals surface area contributed by atoms with E-state index < -0.39 is 0 Å². The Balaban J connectivity index is 1.31. The molecule has 35 heavy (non-hydrogen) atoms. The van der Waals surface area contributed by atoms with Crippen LogP contribution < -0.4 is 19.5 Å². The molecule has 0 atom stereocenters. The average molecular weight is 482 g/mol. The lowest BCUT2D eigenvalue weighted by Crippen LogP contribution is -2.35. The number of ether oxygens (including phenoxy) is 3. The highest BCUT2D eigenvalue weighted by Crippen LogP contribution is 2.33. The second kappa shape index (κ2) is 11.9. The molecule has 0 aliphatic heterocycles. The van der Waals surface area contributed by atoms with Crippen molar-refractivity contribution < 1.29 is 19.0 Å². The van der Waals surface area contributed by atoms with Crippen LogP contribution in [0.2, 0.25) is 0 Å². The maximum Gasteiger partial charge on any atom is 0.231 e. The van der Waals surface area contributed by atoms with Gasteiger partial charge in [-0.2, -0.15) is 4.52 Å². The van der Waals surface area contributed by atoms with E-state index >= 15 is 0 Å². The Hall–Kier alpha value is -3.36. The Morgan fingerprint density at radius 3 is 2.60 bits per heavy atom. The van der Waals surface area contributed by atoms with Crippen LogP contribution >= 0.6 is 0 Å². The molecule has 1 aliphatic carbocycles. The molecule has 0 unspecified atom stereocenters. The van der Waals surface area contributed by atoms with Crippen LogP contribution in [-0.2, 0) is 4.79 Å². The van der Waals surface area contributed by atoms with Crippen molar-refractivity contribution >= 4 is 11.6 Å². The highest BCUT2D eigenvalue weighted by atomic mass is 16.5. The third-order valence-electron chi connectivity index (χ3n) is 6.71. The SMILES string of the molecule is CCCCC1CCC(C(=O)NCCOc2ccc3nnc(-c4ccc(OC)c(OC)c4)n3n2)CC1. The topological polar surface area (TPSA) is 99.9 Å². The van der Waals surface area contributed by atoms with Crippen molar-refractivity contribution in [1.82, 2.24) is 25.1 Å². The summed E-state index contributed by atoms with van der Waals surface area (Å²) < 4.78 is 18.1. The van der Waals surface area contributed by atoms with E-state index in [2.05, 4.69) is 27.5 Å².